The molecule has 1 fully saturated rings. The molecule has 1 aliphatic heterocycles. The highest BCUT2D eigenvalue weighted by Gasteiger charge is 2.22. The Labute approximate surface area is 171 Å². The van der Waals surface area contributed by atoms with Crippen molar-refractivity contribution in [2.75, 3.05) is 25.1 Å². The van der Waals surface area contributed by atoms with Gasteiger partial charge in [0.25, 0.3) is 0 Å². The maximum atomic E-state index is 6.15. The first-order valence-corrected chi connectivity index (χ1v) is 10.2. The second-order valence-corrected chi connectivity index (χ2v) is 8.77. The summed E-state index contributed by atoms with van der Waals surface area (Å²) < 4.78 is 13.4. The van der Waals surface area contributed by atoms with Crippen LogP contribution in [0.4, 0.5) is 5.82 Å². The van der Waals surface area contributed by atoms with Gasteiger partial charge in [0.2, 0.25) is 0 Å². The van der Waals surface area contributed by atoms with Gasteiger partial charge in [-0.2, -0.15) is 4.52 Å². The van der Waals surface area contributed by atoms with Crippen molar-refractivity contribution in [2.24, 2.45) is 5.92 Å². The Hall–Kier alpha value is -2.67. The number of benzene rings is 1. The summed E-state index contributed by atoms with van der Waals surface area (Å²) in [7, 11) is 0. The summed E-state index contributed by atoms with van der Waals surface area (Å²) in [6.07, 6.45) is 1.07. The van der Waals surface area contributed by atoms with Crippen molar-refractivity contribution in [1.82, 2.24) is 19.8 Å². The summed E-state index contributed by atoms with van der Waals surface area (Å²) in [6.45, 7) is 11.4. The number of fused-ring (bicyclic) bond motifs is 1. The third-order valence-electron chi connectivity index (χ3n) is 5.11. The van der Waals surface area contributed by atoms with Gasteiger partial charge in [0.1, 0.15) is 11.6 Å². The molecule has 1 N–H and O–H groups in total. The van der Waals surface area contributed by atoms with Crippen LogP contribution in [-0.2, 0) is 16.7 Å². The first kappa shape index (κ1) is 19.6. The molecule has 2 aromatic heterocycles. The summed E-state index contributed by atoms with van der Waals surface area (Å²) in [5.41, 5.74) is 2.91. The van der Waals surface area contributed by atoms with Crippen LogP contribution in [0.15, 0.2) is 30.3 Å². The minimum absolute atomic E-state index is 0.132. The Balaban J connectivity index is 1.49. The van der Waals surface area contributed by atoms with Gasteiger partial charge in [-0.25, -0.2) is 0 Å². The fraction of sp³-hybridized carbons (Fsp3) is 0.500. The first-order chi connectivity index (χ1) is 13.9. The van der Waals surface area contributed by atoms with Gasteiger partial charge in [-0.3, -0.25) is 0 Å². The molecule has 0 amide bonds. The molecule has 7 heteroatoms. The highest BCUT2D eigenvalue weighted by atomic mass is 16.5. The third kappa shape index (κ3) is 4.50. The molecule has 1 aromatic carbocycles. The number of nitrogens with one attached hydrogen (secondary N) is 1. The van der Waals surface area contributed by atoms with Gasteiger partial charge in [0.15, 0.2) is 11.5 Å². The van der Waals surface area contributed by atoms with Gasteiger partial charge in [0.05, 0.1) is 13.2 Å². The smallest absolute Gasteiger partial charge is 0.178 e. The molecule has 154 valence electrons. The highest BCUT2D eigenvalue weighted by molar-refractivity contribution is 5.46. The van der Waals surface area contributed by atoms with E-state index in [4.69, 9.17) is 14.6 Å². The van der Waals surface area contributed by atoms with Gasteiger partial charge in [-0.15, -0.1) is 15.3 Å². The predicted molar refractivity (Wildman–Crippen MR) is 112 cm³/mol. The number of anilines is 1. The van der Waals surface area contributed by atoms with Gasteiger partial charge in [-0.05, 0) is 37.1 Å². The number of hydrogen-bond donors (Lipinski definition) is 1. The molecule has 1 aliphatic rings. The molecular weight excluding hydrogens is 366 g/mol. The summed E-state index contributed by atoms with van der Waals surface area (Å²) in [6, 6.07) is 10.2. The Bertz CT molecular complexity index is 987. The average Bonchev–Trinajstić information content (AvgIpc) is 3.34. The van der Waals surface area contributed by atoms with Crippen LogP contribution in [0.1, 0.15) is 44.1 Å². The zero-order valence-corrected chi connectivity index (χ0v) is 17.6. The zero-order chi connectivity index (χ0) is 20.4. The molecule has 1 unspecified atom stereocenters. The Morgan fingerprint density at radius 3 is 2.83 bits per heavy atom. The SMILES string of the molecule is Cc1ccc(CNc2ccc3nnc(C(C)(C)C)n3n2)c(OCC2CCOC2)c1. The van der Waals surface area contributed by atoms with Crippen LogP contribution in [0, 0.1) is 12.8 Å². The lowest BCUT2D eigenvalue weighted by Crippen LogP contribution is -2.17. The molecule has 1 saturated heterocycles. The first-order valence-electron chi connectivity index (χ1n) is 10.2. The van der Waals surface area contributed by atoms with Crippen molar-refractivity contribution >= 4 is 11.5 Å². The van der Waals surface area contributed by atoms with E-state index < -0.39 is 0 Å². The van der Waals surface area contributed by atoms with E-state index in [1.165, 1.54) is 5.56 Å². The van der Waals surface area contributed by atoms with E-state index >= 15 is 0 Å². The summed E-state index contributed by atoms with van der Waals surface area (Å²) in [5.74, 6) is 3.02. The molecule has 3 aromatic rings. The Morgan fingerprint density at radius 2 is 2.07 bits per heavy atom. The quantitative estimate of drug-likeness (QED) is 0.685. The number of aryl methyl sites for hydroxylation is 1. The Morgan fingerprint density at radius 1 is 1.21 bits per heavy atom. The minimum atomic E-state index is -0.132. The van der Waals surface area contributed by atoms with Crippen molar-refractivity contribution in [3.05, 3.63) is 47.3 Å². The van der Waals surface area contributed by atoms with E-state index in [2.05, 4.69) is 61.4 Å². The van der Waals surface area contributed by atoms with Gasteiger partial charge < -0.3 is 14.8 Å². The molecule has 0 radical (unpaired) electrons. The maximum absolute atomic E-state index is 6.15. The van der Waals surface area contributed by atoms with E-state index in [9.17, 15) is 0 Å². The van der Waals surface area contributed by atoms with Crippen molar-refractivity contribution < 1.29 is 9.47 Å². The number of ether oxygens (including phenoxy) is 2. The monoisotopic (exact) mass is 395 g/mol. The maximum Gasteiger partial charge on any atom is 0.178 e. The number of nitrogens with zero attached hydrogens (tertiary/aromatic N) is 4. The van der Waals surface area contributed by atoms with Crippen LogP contribution in [0.25, 0.3) is 5.65 Å². The van der Waals surface area contributed by atoms with E-state index in [1.54, 1.807) is 0 Å². The lowest BCUT2D eigenvalue weighted by Gasteiger charge is -2.16. The van der Waals surface area contributed by atoms with E-state index in [0.717, 1.165) is 48.2 Å². The second-order valence-electron chi connectivity index (χ2n) is 8.77. The topological polar surface area (TPSA) is 73.6 Å². The van der Waals surface area contributed by atoms with Crippen LogP contribution in [0.5, 0.6) is 5.75 Å². The molecule has 3 heterocycles. The molecule has 4 rings (SSSR count). The molecule has 0 saturated carbocycles. The van der Waals surface area contributed by atoms with Crippen LogP contribution in [-0.4, -0.2) is 39.6 Å². The van der Waals surface area contributed by atoms with Crippen LogP contribution < -0.4 is 10.1 Å². The molecule has 0 spiro atoms. The zero-order valence-electron chi connectivity index (χ0n) is 17.6. The normalized spacial score (nSPS) is 17.0. The van der Waals surface area contributed by atoms with Crippen LogP contribution in [0.3, 0.4) is 0 Å². The standard InChI is InChI=1S/C22H29N5O2/c1-15-5-6-17(18(11-15)29-14-16-9-10-28-13-16)12-23-19-7-8-20-24-25-21(22(2,3)4)27(20)26-19/h5-8,11,16H,9-10,12-14H2,1-4H3,(H,23,26). The molecule has 0 aliphatic carbocycles. The minimum Gasteiger partial charge on any atom is -0.493 e. The van der Waals surface area contributed by atoms with Gasteiger partial charge in [-0.1, -0.05) is 32.9 Å². The van der Waals surface area contributed by atoms with E-state index in [0.29, 0.717) is 19.1 Å². The van der Waals surface area contributed by atoms with Crippen molar-refractivity contribution in [1.29, 1.82) is 0 Å². The number of hydrogen-bond acceptors (Lipinski definition) is 6. The van der Waals surface area contributed by atoms with Crippen molar-refractivity contribution in [2.45, 2.75) is 46.1 Å². The number of aromatic nitrogens is 4. The fourth-order valence-corrected chi connectivity index (χ4v) is 3.40. The summed E-state index contributed by atoms with van der Waals surface area (Å²) in [4.78, 5) is 0. The summed E-state index contributed by atoms with van der Waals surface area (Å²) >= 11 is 0. The van der Waals surface area contributed by atoms with Crippen molar-refractivity contribution in [3.8, 4) is 5.75 Å². The van der Waals surface area contributed by atoms with E-state index in [-0.39, 0.29) is 5.41 Å². The predicted octanol–water partition coefficient (Wildman–Crippen LogP) is 3.76. The average molecular weight is 396 g/mol. The summed E-state index contributed by atoms with van der Waals surface area (Å²) in [5, 5.41) is 16.6. The number of rotatable bonds is 6. The molecular formula is C22H29N5O2. The highest BCUT2D eigenvalue weighted by Crippen LogP contribution is 2.24. The van der Waals surface area contributed by atoms with Crippen LogP contribution in [0.2, 0.25) is 0 Å². The lowest BCUT2D eigenvalue weighted by molar-refractivity contribution is 0.167. The molecule has 29 heavy (non-hydrogen) atoms. The van der Waals surface area contributed by atoms with Crippen LogP contribution >= 0.6 is 0 Å². The lowest BCUT2D eigenvalue weighted by atomic mass is 9.96. The Kier molecular flexibility index (Phi) is 5.41. The second kappa shape index (κ2) is 7.99. The molecule has 0 bridgehead atoms. The largest absolute Gasteiger partial charge is 0.493 e. The fourth-order valence-electron chi connectivity index (χ4n) is 3.40. The van der Waals surface area contributed by atoms with Gasteiger partial charge in [0, 0.05) is 30.0 Å². The molecule has 1 atom stereocenters. The van der Waals surface area contributed by atoms with Crippen molar-refractivity contribution in [3.63, 3.8) is 0 Å². The molecule has 7 nitrogen and oxygen atoms in total. The van der Waals surface area contributed by atoms with E-state index in [1.807, 2.05) is 16.6 Å². The van der Waals surface area contributed by atoms with Gasteiger partial charge >= 0.3 is 0 Å². The third-order valence-corrected chi connectivity index (χ3v) is 5.11.